The van der Waals surface area contributed by atoms with Crippen molar-refractivity contribution < 1.29 is 19.4 Å². The van der Waals surface area contributed by atoms with Gasteiger partial charge in [-0.05, 0) is 17.6 Å². The lowest BCUT2D eigenvalue weighted by Gasteiger charge is -2.44. The molecule has 1 aromatic carbocycles. The summed E-state index contributed by atoms with van der Waals surface area (Å²) in [7, 11) is 1.46. The monoisotopic (exact) mass is 315 g/mol. The molecule has 0 aromatic heterocycles. The third-order valence-electron chi connectivity index (χ3n) is 4.97. The number of aliphatic hydroxyl groups is 1. The van der Waals surface area contributed by atoms with Gasteiger partial charge in [0, 0.05) is 12.5 Å². The van der Waals surface area contributed by atoms with Crippen molar-refractivity contribution in [1.29, 1.82) is 0 Å². The number of fused-ring (bicyclic) bond motifs is 3. The number of carbonyl (C=O) groups is 2. The molecule has 4 atom stereocenters. The standard InChI is InChI=1S/C18H21NO4/c1-11-13-10-14(23-2)17(21)16(18(22)19(13)8-9-20)15(11)12-6-4-3-5-7-12/h3-7,10-11,13,15-16,20H,8-9H2,1-2H3/t11-,13-,15-,16-/m0/s1. The van der Waals surface area contributed by atoms with Crippen molar-refractivity contribution >= 4 is 11.7 Å². The molecule has 3 aliphatic rings. The maximum absolute atomic E-state index is 12.9. The molecule has 1 aliphatic carbocycles. The molecule has 1 N–H and O–H groups in total. The largest absolute Gasteiger partial charge is 0.493 e. The lowest BCUT2D eigenvalue weighted by molar-refractivity contribution is -0.148. The Bertz CT molecular complexity index is 640. The Morgan fingerprint density at radius 1 is 1.22 bits per heavy atom. The highest BCUT2D eigenvalue weighted by molar-refractivity contribution is 6.11. The van der Waals surface area contributed by atoms with Crippen LogP contribution < -0.4 is 0 Å². The van der Waals surface area contributed by atoms with E-state index in [2.05, 4.69) is 6.92 Å². The van der Waals surface area contributed by atoms with Crippen LogP contribution in [0.25, 0.3) is 0 Å². The van der Waals surface area contributed by atoms with Crippen molar-refractivity contribution in [1.82, 2.24) is 4.90 Å². The van der Waals surface area contributed by atoms with Gasteiger partial charge in [-0.25, -0.2) is 0 Å². The average Bonchev–Trinajstić information content (AvgIpc) is 2.74. The van der Waals surface area contributed by atoms with Crippen LogP contribution in [0.3, 0.4) is 0 Å². The van der Waals surface area contributed by atoms with Crippen molar-refractivity contribution in [2.75, 3.05) is 20.3 Å². The van der Waals surface area contributed by atoms with E-state index in [1.165, 1.54) is 7.11 Å². The van der Waals surface area contributed by atoms with E-state index in [1.54, 1.807) is 11.0 Å². The Labute approximate surface area is 135 Å². The number of benzene rings is 1. The summed E-state index contributed by atoms with van der Waals surface area (Å²) < 4.78 is 5.24. The summed E-state index contributed by atoms with van der Waals surface area (Å²) in [5.41, 5.74) is 0.992. The molecule has 5 nitrogen and oxygen atoms in total. The molecule has 4 rings (SSSR count). The van der Waals surface area contributed by atoms with Gasteiger partial charge in [-0.2, -0.15) is 0 Å². The van der Waals surface area contributed by atoms with Crippen LogP contribution in [0.1, 0.15) is 18.4 Å². The Morgan fingerprint density at radius 3 is 2.52 bits per heavy atom. The summed E-state index contributed by atoms with van der Waals surface area (Å²) in [6.45, 7) is 2.16. The van der Waals surface area contributed by atoms with Crippen molar-refractivity contribution in [2.24, 2.45) is 11.8 Å². The highest BCUT2D eigenvalue weighted by atomic mass is 16.5. The number of hydrogen-bond acceptors (Lipinski definition) is 4. The highest BCUT2D eigenvalue weighted by Gasteiger charge is 2.53. The molecule has 2 heterocycles. The summed E-state index contributed by atoms with van der Waals surface area (Å²) in [6, 6.07) is 9.44. The Hall–Kier alpha value is -2.14. The van der Waals surface area contributed by atoms with Crippen LogP contribution in [-0.4, -0.2) is 48.0 Å². The topological polar surface area (TPSA) is 66.8 Å². The van der Waals surface area contributed by atoms with Crippen molar-refractivity contribution in [3.63, 3.8) is 0 Å². The predicted octanol–water partition coefficient (Wildman–Crippen LogP) is 1.34. The Balaban J connectivity index is 2.11. The smallest absolute Gasteiger partial charge is 0.234 e. The fourth-order valence-electron chi connectivity index (χ4n) is 3.89. The van der Waals surface area contributed by atoms with Crippen LogP contribution in [-0.2, 0) is 14.3 Å². The minimum absolute atomic E-state index is 0.0586. The molecule has 1 fully saturated rings. The first kappa shape index (κ1) is 15.7. The van der Waals surface area contributed by atoms with E-state index in [0.717, 1.165) is 5.56 Å². The molecular weight excluding hydrogens is 294 g/mol. The number of methoxy groups -OCH3 is 1. The van der Waals surface area contributed by atoms with Gasteiger partial charge in [0.05, 0.1) is 19.8 Å². The molecular formula is C18H21NO4. The maximum Gasteiger partial charge on any atom is 0.234 e. The van der Waals surface area contributed by atoms with Crippen molar-refractivity contribution in [2.45, 2.75) is 18.9 Å². The van der Waals surface area contributed by atoms with Gasteiger partial charge in [-0.15, -0.1) is 0 Å². The van der Waals surface area contributed by atoms with Gasteiger partial charge in [0.1, 0.15) is 5.92 Å². The molecule has 1 saturated heterocycles. The summed E-state index contributed by atoms with van der Waals surface area (Å²) in [5.74, 6) is -1.14. The fourth-order valence-corrected chi connectivity index (χ4v) is 3.89. The number of amides is 1. The van der Waals surface area contributed by atoms with Gasteiger partial charge in [0.15, 0.2) is 5.76 Å². The van der Waals surface area contributed by atoms with Crippen LogP contribution in [0.15, 0.2) is 42.2 Å². The molecule has 2 bridgehead atoms. The molecule has 1 aromatic rings. The van der Waals surface area contributed by atoms with Crippen LogP contribution in [0, 0.1) is 11.8 Å². The van der Waals surface area contributed by atoms with Crippen molar-refractivity contribution in [3.05, 3.63) is 47.7 Å². The summed E-state index contributed by atoms with van der Waals surface area (Å²) >= 11 is 0. The lowest BCUT2D eigenvalue weighted by atomic mass is 9.70. The van der Waals surface area contributed by atoms with Crippen LogP contribution in [0.2, 0.25) is 0 Å². The molecule has 0 radical (unpaired) electrons. The van der Waals surface area contributed by atoms with Gasteiger partial charge < -0.3 is 14.7 Å². The van der Waals surface area contributed by atoms with Gasteiger partial charge in [0.25, 0.3) is 0 Å². The quantitative estimate of drug-likeness (QED) is 0.852. The first-order valence-corrected chi connectivity index (χ1v) is 7.86. The van der Waals surface area contributed by atoms with Crippen LogP contribution in [0.4, 0.5) is 0 Å². The molecule has 0 saturated carbocycles. The van der Waals surface area contributed by atoms with E-state index in [1.807, 2.05) is 30.3 Å². The minimum Gasteiger partial charge on any atom is -0.493 e. The van der Waals surface area contributed by atoms with Crippen molar-refractivity contribution in [3.8, 4) is 0 Å². The van der Waals surface area contributed by atoms with E-state index in [0.29, 0.717) is 0 Å². The normalized spacial score (nSPS) is 30.2. The molecule has 1 amide bonds. The molecule has 0 unspecified atom stereocenters. The zero-order valence-electron chi connectivity index (χ0n) is 13.3. The minimum atomic E-state index is -0.788. The number of aliphatic hydroxyl groups excluding tert-OH is 1. The number of ether oxygens (including phenoxy) is 1. The second-order valence-electron chi connectivity index (χ2n) is 6.12. The number of carbonyl (C=O) groups excluding carboxylic acids is 2. The van der Waals surface area contributed by atoms with E-state index in [9.17, 15) is 14.7 Å². The van der Waals surface area contributed by atoms with E-state index < -0.39 is 5.92 Å². The van der Waals surface area contributed by atoms with Gasteiger partial charge >= 0.3 is 0 Å². The van der Waals surface area contributed by atoms with Crippen LogP contribution >= 0.6 is 0 Å². The summed E-state index contributed by atoms with van der Waals surface area (Å²) in [5, 5.41) is 9.28. The average molecular weight is 315 g/mol. The van der Waals surface area contributed by atoms with Crippen LogP contribution in [0.5, 0.6) is 0 Å². The number of Topliss-reactive ketones (excluding diaryl/α,β-unsaturated/α-hetero) is 1. The molecule has 23 heavy (non-hydrogen) atoms. The maximum atomic E-state index is 12.9. The molecule has 5 heteroatoms. The number of piperidine rings is 1. The highest BCUT2D eigenvalue weighted by Crippen LogP contribution is 2.45. The zero-order valence-corrected chi connectivity index (χ0v) is 13.3. The fraction of sp³-hybridized carbons (Fsp3) is 0.444. The molecule has 122 valence electrons. The summed E-state index contributed by atoms with van der Waals surface area (Å²) in [4.78, 5) is 27.3. The third kappa shape index (κ3) is 2.45. The molecule has 2 aliphatic heterocycles. The van der Waals surface area contributed by atoms with E-state index in [4.69, 9.17) is 4.74 Å². The van der Waals surface area contributed by atoms with Gasteiger partial charge in [-0.1, -0.05) is 37.3 Å². The zero-order chi connectivity index (χ0) is 16.6. The van der Waals surface area contributed by atoms with E-state index >= 15 is 0 Å². The third-order valence-corrected chi connectivity index (χ3v) is 4.97. The van der Waals surface area contributed by atoms with Gasteiger partial charge in [0.2, 0.25) is 11.7 Å². The Kier molecular flexibility index (Phi) is 4.22. The molecule has 0 spiro atoms. The number of ketones is 1. The number of hydrogen-bond donors (Lipinski definition) is 1. The first-order valence-electron chi connectivity index (χ1n) is 7.86. The second-order valence-corrected chi connectivity index (χ2v) is 6.12. The SMILES string of the molecule is COC1=C[C@H]2[C@H](C)[C@@H](c3ccccc3)[C@@H](C1=O)C(=O)N2CCO. The second kappa shape index (κ2) is 6.16. The lowest BCUT2D eigenvalue weighted by Crippen LogP contribution is -2.55. The Morgan fingerprint density at radius 2 is 1.91 bits per heavy atom. The number of nitrogens with zero attached hydrogens (tertiary/aromatic N) is 1. The number of allylic oxidation sites excluding steroid dienone is 1. The van der Waals surface area contributed by atoms with Gasteiger partial charge in [-0.3, -0.25) is 9.59 Å². The summed E-state index contributed by atoms with van der Waals surface area (Å²) in [6.07, 6.45) is 1.74. The number of rotatable bonds is 4. The van der Waals surface area contributed by atoms with E-state index in [-0.39, 0.29) is 48.5 Å². The first-order chi connectivity index (χ1) is 11.1. The predicted molar refractivity (Wildman–Crippen MR) is 84.5 cm³/mol.